The molecule has 6 heteroatoms. The molecule has 6 nitrogen and oxygen atoms in total. The SMILES string of the molecule is COCC(=O)Cc1nc(C)ccc1[N+](=O)[O-]. The number of pyridine rings is 1. The number of nitrogens with zero attached hydrogens (tertiary/aromatic N) is 2. The lowest BCUT2D eigenvalue weighted by Crippen LogP contribution is -2.12. The monoisotopic (exact) mass is 224 g/mol. The third kappa shape index (κ3) is 3.09. The van der Waals surface area contributed by atoms with Crippen molar-refractivity contribution in [2.75, 3.05) is 13.7 Å². The number of hydrogen-bond acceptors (Lipinski definition) is 5. The lowest BCUT2D eigenvalue weighted by Gasteiger charge is -2.02. The highest BCUT2D eigenvalue weighted by molar-refractivity contribution is 5.82. The van der Waals surface area contributed by atoms with Gasteiger partial charge in [0.15, 0.2) is 5.78 Å². The summed E-state index contributed by atoms with van der Waals surface area (Å²) in [6.07, 6.45) is -0.0775. The zero-order valence-corrected chi connectivity index (χ0v) is 9.10. The quantitative estimate of drug-likeness (QED) is 0.551. The minimum Gasteiger partial charge on any atom is -0.377 e. The van der Waals surface area contributed by atoms with Crippen LogP contribution in [0.15, 0.2) is 12.1 Å². The molecule has 0 aliphatic carbocycles. The molecule has 0 N–H and O–H groups in total. The lowest BCUT2D eigenvalue weighted by atomic mass is 10.1. The minimum absolute atomic E-state index is 0.0627. The van der Waals surface area contributed by atoms with Crippen molar-refractivity contribution < 1.29 is 14.5 Å². The fraction of sp³-hybridized carbons (Fsp3) is 0.400. The Morgan fingerprint density at radius 3 is 2.81 bits per heavy atom. The van der Waals surface area contributed by atoms with E-state index in [1.165, 1.54) is 13.2 Å². The van der Waals surface area contributed by atoms with E-state index in [0.29, 0.717) is 5.69 Å². The molecule has 86 valence electrons. The Morgan fingerprint density at radius 2 is 2.25 bits per heavy atom. The van der Waals surface area contributed by atoms with E-state index in [-0.39, 0.29) is 30.2 Å². The van der Waals surface area contributed by atoms with Gasteiger partial charge in [-0.25, -0.2) is 0 Å². The van der Waals surface area contributed by atoms with Gasteiger partial charge in [-0.2, -0.15) is 0 Å². The smallest absolute Gasteiger partial charge is 0.291 e. The maximum Gasteiger partial charge on any atom is 0.291 e. The second kappa shape index (κ2) is 5.32. The van der Waals surface area contributed by atoms with Gasteiger partial charge >= 0.3 is 0 Å². The summed E-state index contributed by atoms with van der Waals surface area (Å²) in [7, 11) is 1.40. The molecule has 1 rings (SSSR count). The Bertz CT molecular complexity index is 417. The Morgan fingerprint density at radius 1 is 1.56 bits per heavy atom. The van der Waals surface area contributed by atoms with Gasteiger partial charge in [0, 0.05) is 18.9 Å². The van der Waals surface area contributed by atoms with E-state index in [9.17, 15) is 14.9 Å². The molecule has 1 heterocycles. The molecule has 0 bridgehead atoms. The summed E-state index contributed by atoms with van der Waals surface area (Å²) in [6, 6.07) is 2.90. The number of carbonyl (C=O) groups excluding carboxylic acids is 1. The van der Waals surface area contributed by atoms with Crippen molar-refractivity contribution in [2.45, 2.75) is 13.3 Å². The highest BCUT2D eigenvalue weighted by Gasteiger charge is 2.17. The number of ketones is 1. The summed E-state index contributed by atoms with van der Waals surface area (Å²) in [5.41, 5.74) is 0.702. The first-order valence-electron chi connectivity index (χ1n) is 4.66. The first kappa shape index (κ1) is 12.3. The van der Waals surface area contributed by atoms with Crippen molar-refractivity contribution >= 4 is 11.5 Å². The van der Waals surface area contributed by atoms with E-state index in [1.807, 2.05) is 0 Å². The zero-order valence-electron chi connectivity index (χ0n) is 9.10. The summed E-state index contributed by atoms with van der Waals surface area (Å²) in [5, 5.41) is 10.7. The van der Waals surface area contributed by atoms with E-state index >= 15 is 0 Å². The lowest BCUT2D eigenvalue weighted by molar-refractivity contribution is -0.385. The molecule has 0 aliphatic rings. The van der Waals surface area contributed by atoms with Gasteiger partial charge in [0.1, 0.15) is 12.3 Å². The van der Waals surface area contributed by atoms with E-state index in [1.54, 1.807) is 13.0 Å². The third-order valence-corrected chi connectivity index (χ3v) is 1.96. The number of Topliss-reactive ketones (excluding diaryl/α,β-unsaturated/α-hetero) is 1. The number of nitro groups is 1. The second-order valence-corrected chi connectivity index (χ2v) is 3.32. The Balaban J connectivity index is 2.96. The molecule has 1 aromatic heterocycles. The van der Waals surface area contributed by atoms with Gasteiger partial charge < -0.3 is 4.74 Å². The van der Waals surface area contributed by atoms with Gasteiger partial charge in [-0.3, -0.25) is 19.9 Å². The van der Waals surface area contributed by atoms with Crippen molar-refractivity contribution in [2.24, 2.45) is 0 Å². The Hall–Kier alpha value is -1.82. The maximum absolute atomic E-state index is 11.3. The number of aromatic nitrogens is 1. The van der Waals surface area contributed by atoms with Crippen LogP contribution in [0.4, 0.5) is 5.69 Å². The fourth-order valence-corrected chi connectivity index (χ4v) is 1.30. The van der Waals surface area contributed by atoms with Gasteiger partial charge in [0.05, 0.1) is 11.3 Å². The van der Waals surface area contributed by atoms with Gasteiger partial charge in [-0.15, -0.1) is 0 Å². The summed E-state index contributed by atoms with van der Waals surface area (Å²) < 4.78 is 4.66. The van der Waals surface area contributed by atoms with Gasteiger partial charge in [0.2, 0.25) is 0 Å². The molecule has 0 atom stereocenters. The number of rotatable bonds is 5. The van der Waals surface area contributed by atoms with Crippen LogP contribution >= 0.6 is 0 Å². The van der Waals surface area contributed by atoms with Gasteiger partial charge in [-0.05, 0) is 13.0 Å². The van der Waals surface area contributed by atoms with Crippen LogP contribution < -0.4 is 0 Å². The standard InChI is InChI=1S/C10H12N2O4/c1-7-3-4-10(12(14)15)9(11-7)5-8(13)6-16-2/h3-4H,5-6H2,1-2H3. The predicted octanol–water partition coefficient (Wildman–Crippen LogP) is 1.06. The largest absolute Gasteiger partial charge is 0.377 e. The highest BCUT2D eigenvalue weighted by atomic mass is 16.6. The molecule has 0 amide bonds. The Kier molecular flexibility index (Phi) is 4.07. The maximum atomic E-state index is 11.3. The second-order valence-electron chi connectivity index (χ2n) is 3.32. The van der Waals surface area contributed by atoms with E-state index in [4.69, 9.17) is 0 Å². The predicted molar refractivity (Wildman–Crippen MR) is 56.2 cm³/mol. The summed E-state index contributed by atoms with van der Waals surface area (Å²) in [5.74, 6) is -0.233. The fourth-order valence-electron chi connectivity index (χ4n) is 1.30. The normalized spacial score (nSPS) is 10.1. The molecule has 0 aliphatic heterocycles. The van der Waals surface area contributed by atoms with Crippen molar-refractivity contribution in [1.82, 2.24) is 4.98 Å². The average molecular weight is 224 g/mol. The van der Waals surface area contributed by atoms with Crippen LogP contribution in [0.3, 0.4) is 0 Å². The van der Waals surface area contributed by atoms with Crippen LogP contribution in [0.1, 0.15) is 11.4 Å². The molecular weight excluding hydrogens is 212 g/mol. The molecule has 0 saturated heterocycles. The van der Waals surface area contributed by atoms with Crippen molar-refractivity contribution in [3.05, 3.63) is 33.6 Å². The zero-order chi connectivity index (χ0) is 12.1. The molecule has 0 saturated carbocycles. The van der Waals surface area contributed by atoms with Crippen molar-refractivity contribution in [3.8, 4) is 0 Å². The summed E-state index contributed by atoms with van der Waals surface area (Å²) >= 11 is 0. The molecule has 0 spiro atoms. The molecule has 0 unspecified atom stereocenters. The van der Waals surface area contributed by atoms with Crippen LogP contribution in [-0.2, 0) is 16.0 Å². The molecule has 16 heavy (non-hydrogen) atoms. The molecule has 0 fully saturated rings. The van der Waals surface area contributed by atoms with E-state index < -0.39 is 4.92 Å². The molecule has 1 aromatic rings. The first-order chi connectivity index (χ1) is 7.54. The van der Waals surface area contributed by atoms with Crippen LogP contribution in [-0.4, -0.2) is 29.4 Å². The molecule has 0 aromatic carbocycles. The van der Waals surface area contributed by atoms with E-state index in [2.05, 4.69) is 9.72 Å². The van der Waals surface area contributed by atoms with Crippen LogP contribution in [0.2, 0.25) is 0 Å². The number of aryl methyl sites for hydroxylation is 1. The minimum atomic E-state index is -0.540. The Labute approximate surface area is 92.4 Å². The average Bonchev–Trinajstić information content (AvgIpc) is 2.17. The van der Waals surface area contributed by atoms with Crippen molar-refractivity contribution in [3.63, 3.8) is 0 Å². The number of hydrogen-bond donors (Lipinski definition) is 0. The summed E-state index contributed by atoms with van der Waals surface area (Å²) in [6.45, 7) is 1.65. The van der Waals surface area contributed by atoms with Gasteiger partial charge in [0.25, 0.3) is 5.69 Å². The van der Waals surface area contributed by atoms with Crippen LogP contribution in [0.5, 0.6) is 0 Å². The van der Waals surface area contributed by atoms with Crippen molar-refractivity contribution in [1.29, 1.82) is 0 Å². The summed E-state index contributed by atoms with van der Waals surface area (Å²) in [4.78, 5) is 25.5. The third-order valence-electron chi connectivity index (χ3n) is 1.96. The van der Waals surface area contributed by atoms with Crippen LogP contribution in [0, 0.1) is 17.0 Å². The molecular formula is C10H12N2O4. The van der Waals surface area contributed by atoms with Gasteiger partial charge in [-0.1, -0.05) is 0 Å². The topological polar surface area (TPSA) is 82.3 Å². The number of methoxy groups -OCH3 is 1. The number of ether oxygens (including phenoxy) is 1. The highest BCUT2D eigenvalue weighted by Crippen LogP contribution is 2.17. The van der Waals surface area contributed by atoms with Crippen LogP contribution in [0.25, 0.3) is 0 Å². The molecule has 0 radical (unpaired) electrons. The number of carbonyl (C=O) groups is 1. The van der Waals surface area contributed by atoms with E-state index in [0.717, 1.165) is 0 Å². The first-order valence-corrected chi connectivity index (χ1v) is 4.66.